The molecular weight excluding hydrogens is 210 g/mol. The number of hydrogen-bond acceptors (Lipinski definition) is 2. The number of hydrogen-bond donors (Lipinski definition) is 2. The second kappa shape index (κ2) is 5.21. The van der Waals surface area contributed by atoms with E-state index >= 15 is 0 Å². The van der Waals surface area contributed by atoms with Crippen LogP contribution in [0.15, 0.2) is 24.3 Å². The Balaban J connectivity index is 2.16. The average molecular weight is 231 g/mol. The molecule has 1 fully saturated rings. The SMILES string of the molecule is CCCC1CCN(c2ccccc2C(=N)N)C1. The number of nitrogen functional groups attached to an aromatic ring is 1. The van der Waals surface area contributed by atoms with Gasteiger partial charge in [0.25, 0.3) is 0 Å². The van der Waals surface area contributed by atoms with E-state index in [-0.39, 0.29) is 5.84 Å². The van der Waals surface area contributed by atoms with Crippen LogP contribution in [0, 0.1) is 11.3 Å². The Bertz CT molecular complexity index is 400. The minimum Gasteiger partial charge on any atom is -0.384 e. The van der Waals surface area contributed by atoms with Gasteiger partial charge < -0.3 is 10.6 Å². The molecule has 3 N–H and O–H groups in total. The number of rotatable bonds is 4. The number of nitrogens with one attached hydrogen (secondary N) is 1. The second-order valence-electron chi connectivity index (χ2n) is 4.82. The zero-order valence-electron chi connectivity index (χ0n) is 10.4. The van der Waals surface area contributed by atoms with Crippen molar-refractivity contribution < 1.29 is 0 Å². The number of amidine groups is 1. The minimum atomic E-state index is 0.166. The highest BCUT2D eigenvalue weighted by Crippen LogP contribution is 2.28. The van der Waals surface area contributed by atoms with E-state index in [0.717, 1.165) is 30.3 Å². The fourth-order valence-corrected chi connectivity index (χ4v) is 2.67. The highest BCUT2D eigenvalue weighted by molar-refractivity contribution is 6.00. The van der Waals surface area contributed by atoms with Crippen molar-refractivity contribution in [3.05, 3.63) is 29.8 Å². The van der Waals surface area contributed by atoms with Crippen molar-refractivity contribution in [1.29, 1.82) is 5.41 Å². The summed E-state index contributed by atoms with van der Waals surface area (Å²) in [4.78, 5) is 2.37. The summed E-state index contributed by atoms with van der Waals surface area (Å²) >= 11 is 0. The van der Waals surface area contributed by atoms with Crippen molar-refractivity contribution in [1.82, 2.24) is 0 Å². The minimum absolute atomic E-state index is 0.166. The molecule has 0 bridgehead atoms. The molecule has 0 radical (unpaired) electrons. The van der Waals surface area contributed by atoms with Crippen LogP contribution in [-0.2, 0) is 0 Å². The highest BCUT2D eigenvalue weighted by Gasteiger charge is 2.23. The fraction of sp³-hybridized carbons (Fsp3) is 0.500. The molecule has 0 saturated carbocycles. The molecule has 1 aliphatic heterocycles. The molecule has 1 atom stereocenters. The molecule has 1 saturated heterocycles. The van der Waals surface area contributed by atoms with Crippen LogP contribution in [0.3, 0.4) is 0 Å². The Morgan fingerprint density at radius 2 is 2.24 bits per heavy atom. The summed E-state index contributed by atoms with van der Waals surface area (Å²) < 4.78 is 0. The zero-order valence-corrected chi connectivity index (χ0v) is 10.4. The molecule has 0 aliphatic carbocycles. The third-order valence-corrected chi connectivity index (χ3v) is 3.52. The van der Waals surface area contributed by atoms with Gasteiger partial charge >= 0.3 is 0 Å². The number of nitrogens with zero attached hydrogens (tertiary/aromatic N) is 1. The first-order valence-electron chi connectivity index (χ1n) is 6.40. The Morgan fingerprint density at radius 1 is 1.47 bits per heavy atom. The number of benzene rings is 1. The van der Waals surface area contributed by atoms with Gasteiger partial charge in [-0.25, -0.2) is 0 Å². The number of anilines is 1. The lowest BCUT2D eigenvalue weighted by atomic mass is 10.0. The normalized spacial score (nSPS) is 19.6. The van der Waals surface area contributed by atoms with Crippen molar-refractivity contribution in [3.8, 4) is 0 Å². The lowest BCUT2D eigenvalue weighted by Crippen LogP contribution is -2.24. The van der Waals surface area contributed by atoms with E-state index in [4.69, 9.17) is 11.1 Å². The van der Waals surface area contributed by atoms with E-state index in [1.807, 2.05) is 18.2 Å². The largest absolute Gasteiger partial charge is 0.384 e. The van der Waals surface area contributed by atoms with Crippen LogP contribution in [0.1, 0.15) is 31.7 Å². The maximum absolute atomic E-state index is 7.62. The first kappa shape index (κ1) is 12.0. The highest BCUT2D eigenvalue weighted by atomic mass is 15.2. The molecular formula is C14H21N3. The third kappa shape index (κ3) is 2.60. The third-order valence-electron chi connectivity index (χ3n) is 3.52. The van der Waals surface area contributed by atoms with E-state index < -0.39 is 0 Å². The maximum atomic E-state index is 7.62. The van der Waals surface area contributed by atoms with E-state index in [1.54, 1.807) is 0 Å². The zero-order chi connectivity index (χ0) is 12.3. The van der Waals surface area contributed by atoms with Crippen LogP contribution in [0.25, 0.3) is 0 Å². The fourth-order valence-electron chi connectivity index (χ4n) is 2.67. The molecule has 0 amide bonds. The summed E-state index contributed by atoms with van der Waals surface area (Å²) in [5, 5.41) is 7.62. The average Bonchev–Trinajstić information content (AvgIpc) is 2.78. The van der Waals surface area contributed by atoms with Crippen molar-refractivity contribution >= 4 is 11.5 Å². The van der Waals surface area contributed by atoms with E-state index in [2.05, 4.69) is 17.9 Å². The van der Waals surface area contributed by atoms with Gasteiger partial charge in [0.1, 0.15) is 5.84 Å². The Hall–Kier alpha value is -1.51. The van der Waals surface area contributed by atoms with Crippen LogP contribution in [0.2, 0.25) is 0 Å². The van der Waals surface area contributed by atoms with E-state index in [9.17, 15) is 0 Å². The molecule has 1 aliphatic rings. The maximum Gasteiger partial charge on any atom is 0.124 e. The van der Waals surface area contributed by atoms with Gasteiger partial charge in [-0.3, -0.25) is 5.41 Å². The molecule has 1 heterocycles. The van der Waals surface area contributed by atoms with Gasteiger partial charge in [-0.2, -0.15) is 0 Å². The summed E-state index contributed by atoms with van der Waals surface area (Å²) in [5.74, 6) is 0.972. The summed E-state index contributed by atoms with van der Waals surface area (Å²) in [7, 11) is 0. The van der Waals surface area contributed by atoms with Gasteiger partial charge in [0, 0.05) is 24.3 Å². The van der Waals surface area contributed by atoms with Gasteiger partial charge in [0.2, 0.25) is 0 Å². The second-order valence-corrected chi connectivity index (χ2v) is 4.82. The van der Waals surface area contributed by atoms with Crippen molar-refractivity contribution in [3.63, 3.8) is 0 Å². The predicted octanol–water partition coefficient (Wildman–Crippen LogP) is 2.60. The molecule has 3 heteroatoms. The van der Waals surface area contributed by atoms with Gasteiger partial charge in [0.05, 0.1) is 0 Å². The first-order valence-corrected chi connectivity index (χ1v) is 6.40. The van der Waals surface area contributed by atoms with Crippen LogP contribution in [0.5, 0.6) is 0 Å². The van der Waals surface area contributed by atoms with Crippen LogP contribution in [0.4, 0.5) is 5.69 Å². The quantitative estimate of drug-likeness (QED) is 0.618. The Morgan fingerprint density at radius 3 is 2.94 bits per heavy atom. The van der Waals surface area contributed by atoms with Crippen LogP contribution < -0.4 is 10.6 Å². The van der Waals surface area contributed by atoms with Crippen molar-refractivity contribution in [2.75, 3.05) is 18.0 Å². The van der Waals surface area contributed by atoms with Crippen molar-refractivity contribution in [2.24, 2.45) is 11.7 Å². The van der Waals surface area contributed by atoms with Gasteiger partial charge in [-0.05, 0) is 30.9 Å². The lowest BCUT2D eigenvalue weighted by Gasteiger charge is -2.21. The van der Waals surface area contributed by atoms with Gasteiger partial charge in [-0.15, -0.1) is 0 Å². The Labute approximate surface area is 103 Å². The molecule has 1 aromatic carbocycles. The predicted molar refractivity (Wildman–Crippen MR) is 72.7 cm³/mol. The van der Waals surface area contributed by atoms with Gasteiger partial charge in [-0.1, -0.05) is 25.5 Å². The molecule has 1 aromatic rings. The lowest BCUT2D eigenvalue weighted by molar-refractivity contribution is 0.530. The van der Waals surface area contributed by atoms with Crippen LogP contribution in [-0.4, -0.2) is 18.9 Å². The summed E-state index contributed by atoms with van der Waals surface area (Å²) in [5.41, 5.74) is 7.62. The summed E-state index contributed by atoms with van der Waals surface area (Å²) in [6.07, 6.45) is 3.83. The monoisotopic (exact) mass is 231 g/mol. The smallest absolute Gasteiger partial charge is 0.124 e. The Kier molecular flexibility index (Phi) is 3.67. The van der Waals surface area contributed by atoms with Crippen molar-refractivity contribution in [2.45, 2.75) is 26.2 Å². The molecule has 17 heavy (non-hydrogen) atoms. The molecule has 2 rings (SSSR count). The number of para-hydroxylation sites is 1. The molecule has 0 aromatic heterocycles. The molecule has 92 valence electrons. The topological polar surface area (TPSA) is 53.1 Å². The van der Waals surface area contributed by atoms with E-state index in [1.165, 1.54) is 19.3 Å². The molecule has 3 nitrogen and oxygen atoms in total. The summed E-state index contributed by atoms with van der Waals surface area (Å²) in [6.45, 7) is 4.44. The molecule has 0 spiro atoms. The number of nitrogens with two attached hydrogens (primary N) is 1. The van der Waals surface area contributed by atoms with E-state index in [0.29, 0.717) is 0 Å². The van der Waals surface area contributed by atoms with Gasteiger partial charge in [0.15, 0.2) is 0 Å². The van der Waals surface area contributed by atoms with Crippen LogP contribution >= 0.6 is 0 Å². The summed E-state index contributed by atoms with van der Waals surface area (Å²) in [6, 6.07) is 7.98. The standard InChI is InChI=1S/C14H21N3/c1-2-5-11-8-9-17(10-11)13-7-4-3-6-12(13)14(15)16/h3-4,6-7,11H,2,5,8-10H2,1H3,(H3,15,16). The first-order chi connectivity index (χ1) is 8.22. The molecule has 1 unspecified atom stereocenters.